The second kappa shape index (κ2) is 7.08. The van der Waals surface area contributed by atoms with Gasteiger partial charge >= 0.3 is 0 Å². The summed E-state index contributed by atoms with van der Waals surface area (Å²) in [4.78, 5) is 0.153. The van der Waals surface area contributed by atoms with Gasteiger partial charge in [0.05, 0.1) is 4.90 Å². The Bertz CT molecular complexity index is 952. The van der Waals surface area contributed by atoms with Gasteiger partial charge in [-0.05, 0) is 43.3 Å². The van der Waals surface area contributed by atoms with E-state index in [2.05, 4.69) is 14.9 Å². The molecule has 0 aliphatic rings. The predicted molar refractivity (Wildman–Crippen MR) is 97.1 cm³/mol. The van der Waals surface area contributed by atoms with E-state index in [1.54, 1.807) is 24.3 Å². The number of rotatable bonds is 6. The lowest BCUT2D eigenvalue weighted by Gasteiger charge is -2.09. The van der Waals surface area contributed by atoms with Crippen molar-refractivity contribution in [2.75, 3.05) is 10.5 Å². The first-order chi connectivity index (χ1) is 11.9. The third kappa shape index (κ3) is 4.46. The third-order valence-corrected chi connectivity index (χ3v) is 5.41. The van der Waals surface area contributed by atoms with Crippen LogP contribution in [0.3, 0.4) is 0 Å². The Hall–Kier alpha value is -2.65. The van der Waals surface area contributed by atoms with Crippen LogP contribution in [0, 0.1) is 6.92 Å². The number of hydrogen-bond donors (Lipinski definition) is 2. The second-order valence-electron chi connectivity index (χ2n) is 5.27. The highest BCUT2D eigenvalue weighted by Gasteiger charge is 2.14. The van der Waals surface area contributed by atoms with E-state index in [9.17, 15) is 8.42 Å². The number of nitrogen functional groups attached to an aromatic ring is 1. The molecule has 0 amide bonds. The summed E-state index contributed by atoms with van der Waals surface area (Å²) in [6, 6.07) is 13.3. The number of ether oxygens (including phenoxy) is 1. The summed E-state index contributed by atoms with van der Waals surface area (Å²) in [6.07, 6.45) is 0. The molecule has 3 N–H and O–H groups in total. The van der Waals surface area contributed by atoms with Crippen LogP contribution in [0.4, 0.5) is 10.8 Å². The number of aryl methyl sites for hydroxylation is 1. The Morgan fingerprint density at radius 1 is 1.08 bits per heavy atom. The second-order valence-corrected chi connectivity index (χ2v) is 8.04. The topological polar surface area (TPSA) is 107 Å². The zero-order chi connectivity index (χ0) is 17.9. The van der Waals surface area contributed by atoms with Gasteiger partial charge in [0.2, 0.25) is 5.13 Å². The van der Waals surface area contributed by atoms with Crippen LogP contribution in [0.1, 0.15) is 10.6 Å². The lowest BCUT2D eigenvalue weighted by molar-refractivity contribution is 0.304. The third-order valence-electron chi connectivity index (χ3n) is 3.28. The number of benzene rings is 2. The Labute approximate surface area is 149 Å². The Balaban J connectivity index is 1.67. The SMILES string of the molecule is Cc1ccc(NS(=O)(=O)c2ccc(OCc3nnc(N)s3)cc2)cc1. The Morgan fingerprint density at radius 3 is 2.36 bits per heavy atom. The number of anilines is 2. The van der Waals surface area contributed by atoms with Crippen LogP contribution in [-0.2, 0) is 16.6 Å². The molecule has 1 aromatic heterocycles. The van der Waals surface area contributed by atoms with E-state index in [0.29, 0.717) is 21.6 Å². The highest BCUT2D eigenvalue weighted by molar-refractivity contribution is 7.92. The van der Waals surface area contributed by atoms with Gasteiger partial charge in [-0.25, -0.2) is 8.42 Å². The van der Waals surface area contributed by atoms with Crippen molar-refractivity contribution in [3.63, 3.8) is 0 Å². The van der Waals surface area contributed by atoms with Gasteiger partial charge < -0.3 is 10.5 Å². The molecule has 9 heteroatoms. The fourth-order valence-corrected chi connectivity index (χ4v) is 3.60. The Kier molecular flexibility index (Phi) is 4.86. The lowest BCUT2D eigenvalue weighted by Crippen LogP contribution is -2.12. The first-order valence-electron chi connectivity index (χ1n) is 7.32. The van der Waals surface area contributed by atoms with Crippen molar-refractivity contribution in [2.24, 2.45) is 0 Å². The van der Waals surface area contributed by atoms with Crippen molar-refractivity contribution in [3.8, 4) is 5.75 Å². The molecule has 25 heavy (non-hydrogen) atoms. The van der Waals surface area contributed by atoms with Gasteiger partial charge in [0.15, 0.2) is 5.01 Å². The van der Waals surface area contributed by atoms with Crippen LogP contribution in [0.2, 0.25) is 0 Å². The van der Waals surface area contributed by atoms with E-state index in [1.165, 1.54) is 23.5 Å². The van der Waals surface area contributed by atoms with Gasteiger partial charge in [-0.1, -0.05) is 29.0 Å². The quantitative estimate of drug-likeness (QED) is 0.685. The number of hydrogen-bond acceptors (Lipinski definition) is 7. The monoisotopic (exact) mass is 376 g/mol. The molecule has 130 valence electrons. The van der Waals surface area contributed by atoms with Crippen LogP contribution >= 0.6 is 11.3 Å². The minimum Gasteiger partial charge on any atom is -0.486 e. The molecule has 2 aromatic carbocycles. The molecule has 3 aromatic rings. The fourth-order valence-electron chi connectivity index (χ4n) is 2.02. The van der Waals surface area contributed by atoms with Crippen molar-refractivity contribution >= 4 is 32.2 Å². The van der Waals surface area contributed by atoms with Gasteiger partial charge in [-0.3, -0.25) is 4.72 Å². The number of nitrogens with one attached hydrogen (secondary N) is 1. The summed E-state index contributed by atoms with van der Waals surface area (Å²) in [6.45, 7) is 2.16. The minimum absolute atomic E-state index is 0.153. The van der Waals surface area contributed by atoms with E-state index in [1.807, 2.05) is 19.1 Å². The molecule has 0 aliphatic heterocycles. The maximum absolute atomic E-state index is 12.4. The summed E-state index contributed by atoms with van der Waals surface area (Å²) < 4.78 is 32.9. The minimum atomic E-state index is -3.65. The summed E-state index contributed by atoms with van der Waals surface area (Å²) in [7, 11) is -3.65. The van der Waals surface area contributed by atoms with E-state index in [0.717, 1.165) is 5.56 Å². The van der Waals surface area contributed by atoms with E-state index >= 15 is 0 Å². The van der Waals surface area contributed by atoms with Gasteiger partial charge in [0.25, 0.3) is 10.0 Å². The molecule has 0 aliphatic carbocycles. The zero-order valence-corrected chi connectivity index (χ0v) is 15.0. The predicted octanol–water partition coefficient (Wildman–Crippen LogP) is 2.81. The first kappa shape index (κ1) is 17.2. The number of nitrogens with zero attached hydrogens (tertiary/aromatic N) is 2. The van der Waals surface area contributed by atoms with Gasteiger partial charge in [0, 0.05) is 5.69 Å². The molecule has 0 bridgehead atoms. The zero-order valence-electron chi connectivity index (χ0n) is 13.3. The molecular formula is C16H16N4O3S2. The molecule has 0 spiro atoms. The standard InChI is InChI=1S/C16H16N4O3S2/c1-11-2-4-12(5-3-11)20-25(21,22)14-8-6-13(7-9-14)23-10-15-18-19-16(17)24-15/h2-9,20H,10H2,1H3,(H2,17,19). The first-order valence-corrected chi connectivity index (χ1v) is 9.62. The van der Waals surface area contributed by atoms with Gasteiger partial charge in [-0.15, -0.1) is 10.2 Å². The van der Waals surface area contributed by atoms with Gasteiger partial charge in [-0.2, -0.15) is 0 Å². The van der Waals surface area contributed by atoms with Crippen molar-refractivity contribution in [2.45, 2.75) is 18.4 Å². The molecule has 0 saturated carbocycles. The summed E-state index contributed by atoms with van der Waals surface area (Å²) in [5, 5.41) is 8.58. The largest absolute Gasteiger partial charge is 0.486 e. The van der Waals surface area contributed by atoms with E-state index in [4.69, 9.17) is 10.5 Å². The van der Waals surface area contributed by atoms with Crippen LogP contribution in [0.15, 0.2) is 53.4 Å². The van der Waals surface area contributed by atoms with Crippen LogP contribution in [0.25, 0.3) is 0 Å². The maximum Gasteiger partial charge on any atom is 0.261 e. The average Bonchev–Trinajstić information content (AvgIpc) is 3.01. The highest BCUT2D eigenvalue weighted by Crippen LogP contribution is 2.21. The van der Waals surface area contributed by atoms with Crippen molar-refractivity contribution in [3.05, 3.63) is 59.1 Å². The molecule has 1 heterocycles. The van der Waals surface area contributed by atoms with Crippen LogP contribution in [0.5, 0.6) is 5.75 Å². The number of sulfonamides is 1. The molecule has 7 nitrogen and oxygen atoms in total. The van der Waals surface area contributed by atoms with E-state index < -0.39 is 10.0 Å². The summed E-state index contributed by atoms with van der Waals surface area (Å²) in [5.41, 5.74) is 7.07. The highest BCUT2D eigenvalue weighted by atomic mass is 32.2. The average molecular weight is 376 g/mol. The summed E-state index contributed by atoms with van der Waals surface area (Å²) in [5.74, 6) is 0.531. The van der Waals surface area contributed by atoms with Crippen molar-refractivity contribution in [1.29, 1.82) is 0 Å². The maximum atomic E-state index is 12.4. The van der Waals surface area contributed by atoms with Gasteiger partial charge in [0.1, 0.15) is 12.4 Å². The summed E-state index contributed by atoms with van der Waals surface area (Å²) >= 11 is 1.24. The van der Waals surface area contributed by atoms with Crippen molar-refractivity contribution < 1.29 is 13.2 Å². The van der Waals surface area contributed by atoms with Crippen LogP contribution in [-0.4, -0.2) is 18.6 Å². The number of aromatic nitrogens is 2. The fraction of sp³-hybridized carbons (Fsp3) is 0.125. The molecule has 0 fully saturated rings. The van der Waals surface area contributed by atoms with Crippen molar-refractivity contribution in [1.82, 2.24) is 10.2 Å². The molecule has 0 atom stereocenters. The molecule has 3 rings (SSSR count). The molecule has 0 saturated heterocycles. The molecule has 0 unspecified atom stereocenters. The Morgan fingerprint density at radius 2 is 1.76 bits per heavy atom. The molecule has 0 radical (unpaired) electrons. The number of nitrogens with two attached hydrogens (primary N) is 1. The molecular weight excluding hydrogens is 360 g/mol. The smallest absolute Gasteiger partial charge is 0.261 e. The lowest BCUT2D eigenvalue weighted by atomic mass is 10.2. The normalized spacial score (nSPS) is 11.2. The van der Waals surface area contributed by atoms with E-state index in [-0.39, 0.29) is 11.5 Å². The van der Waals surface area contributed by atoms with Crippen LogP contribution < -0.4 is 15.2 Å².